The Morgan fingerprint density at radius 3 is 2.89 bits per heavy atom. The monoisotopic (exact) mass is 259 g/mol. The maximum atomic E-state index is 12.0. The second kappa shape index (κ2) is 5.87. The topological polar surface area (TPSA) is 46.9 Å². The van der Waals surface area contributed by atoms with Gasteiger partial charge in [-0.25, -0.2) is 4.98 Å². The van der Waals surface area contributed by atoms with E-state index in [0.717, 1.165) is 29.7 Å². The molecule has 4 nitrogen and oxygen atoms in total. The highest BCUT2D eigenvalue weighted by Gasteiger charge is 2.12. The Hall–Kier alpha value is -1.84. The van der Waals surface area contributed by atoms with Gasteiger partial charge >= 0.3 is 0 Å². The summed E-state index contributed by atoms with van der Waals surface area (Å²) in [4.78, 5) is 16.5. The normalized spacial score (nSPS) is 12.6. The quantitative estimate of drug-likeness (QED) is 0.897. The van der Waals surface area contributed by atoms with Crippen LogP contribution in [0.1, 0.15) is 32.5 Å². The van der Waals surface area contributed by atoms with Gasteiger partial charge < -0.3 is 9.88 Å². The van der Waals surface area contributed by atoms with Crippen LogP contribution >= 0.6 is 0 Å². The zero-order valence-corrected chi connectivity index (χ0v) is 11.8. The van der Waals surface area contributed by atoms with Crippen molar-refractivity contribution in [3.63, 3.8) is 0 Å². The molecule has 0 saturated heterocycles. The molecule has 0 saturated carbocycles. The third-order valence-electron chi connectivity index (χ3n) is 3.28. The smallest absolute Gasteiger partial charge is 0.240 e. The van der Waals surface area contributed by atoms with Gasteiger partial charge in [-0.3, -0.25) is 4.79 Å². The van der Waals surface area contributed by atoms with Gasteiger partial charge in [0, 0.05) is 6.04 Å². The highest BCUT2D eigenvalue weighted by atomic mass is 16.2. The molecule has 0 spiro atoms. The van der Waals surface area contributed by atoms with E-state index in [1.54, 1.807) is 0 Å². The fourth-order valence-electron chi connectivity index (χ4n) is 2.36. The number of imidazole rings is 1. The Balaban J connectivity index is 2.13. The largest absolute Gasteiger partial charge is 0.352 e. The second-order valence-corrected chi connectivity index (χ2v) is 4.99. The van der Waals surface area contributed by atoms with Crippen LogP contribution in [0.4, 0.5) is 0 Å². The molecule has 2 rings (SSSR count). The molecular weight excluding hydrogens is 238 g/mol. The van der Waals surface area contributed by atoms with Crippen LogP contribution in [0.25, 0.3) is 11.0 Å². The average molecular weight is 259 g/mol. The minimum Gasteiger partial charge on any atom is -0.352 e. The predicted octanol–water partition coefficient (Wildman–Crippen LogP) is 2.65. The van der Waals surface area contributed by atoms with Crippen LogP contribution < -0.4 is 5.32 Å². The summed E-state index contributed by atoms with van der Waals surface area (Å²) >= 11 is 0. The fourth-order valence-corrected chi connectivity index (χ4v) is 2.36. The number of benzene rings is 1. The highest BCUT2D eigenvalue weighted by molar-refractivity contribution is 5.81. The van der Waals surface area contributed by atoms with Crippen LogP contribution in [0.2, 0.25) is 0 Å². The van der Waals surface area contributed by atoms with Crippen LogP contribution in [0.15, 0.2) is 24.3 Å². The number of nitrogens with zero attached hydrogens (tertiary/aromatic N) is 2. The van der Waals surface area contributed by atoms with E-state index in [2.05, 4.69) is 17.2 Å². The summed E-state index contributed by atoms with van der Waals surface area (Å²) in [6, 6.07) is 8.13. The van der Waals surface area contributed by atoms with Gasteiger partial charge in [0.2, 0.25) is 5.91 Å². The molecule has 19 heavy (non-hydrogen) atoms. The van der Waals surface area contributed by atoms with Gasteiger partial charge in [0.05, 0.1) is 11.0 Å². The number of nitrogens with one attached hydrogen (secondary N) is 1. The molecule has 1 N–H and O–H groups in total. The van der Waals surface area contributed by atoms with Gasteiger partial charge in [0.25, 0.3) is 0 Å². The van der Waals surface area contributed by atoms with Crippen molar-refractivity contribution < 1.29 is 4.79 Å². The van der Waals surface area contributed by atoms with Crippen molar-refractivity contribution in [1.29, 1.82) is 0 Å². The summed E-state index contributed by atoms with van der Waals surface area (Å²) in [5.74, 6) is 0.923. The number of amides is 1. The Morgan fingerprint density at radius 2 is 2.16 bits per heavy atom. The number of hydrogen-bond donors (Lipinski definition) is 1. The molecule has 1 heterocycles. The van der Waals surface area contributed by atoms with E-state index in [-0.39, 0.29) is 11.9 Å². The Bertz CT molecular complexity index is 574. The number of aromatic nitrogens is 2. The number of fused-ring (bicyclic) bond motifs is 1. The molecule has 1 amide bonds. The van der Waals surface area contributed by atoms with Crippen molar-refractivity contribution in [2.75, 3.05) is 0 Å². The first-order valence-electron chi connectivity index (χ1n) is 6.83. The second-order valence-electron chi connectivity index (χ2n) is 4.99. The standard InChI is InChI=1S/C15H21N3O/c1-4-7-11(2)16-15(19)10-18-12(3)17-13-8-5-6-9-14(13)18/h5-6,8-9,11H,4,7,10H2,1-3H3,(H,16,19)/t11-/m0/s1. The zero-order valence-electron chi connectivity index (χ0n) is 11.8. The van der Waals surface area contributed by atoms with Crippen molar-refractivity contribution in [3.05, 3.63) is 30.1 Å². The van der Waals surface area contributed by atoms with E-state index >= 15 is 0 Å². The van der Waals surface area contributed by atoms with E-state index < -0.39 is 0 Å². The van der Waals surface area contributed by atoms with Gasteiger partial charge in [0.15, 0.2) is 0 Å². The molecule has 0 radical (unpaired) electrons. The number of carbonyl (C=O) groups is 1. The molecule has 0 aliphatic carbocycles. The first-order valence-corrected chi connectivity index (χ1v) is 6.83. The van der Waals surface area contributed by atoms with Gasteiger partial charge in [0.1, 0.15) is 12.4 Å². The SMILES string of the molecule is CCC[C@H](C)NC(=O)Cn1c(C)nc2ccccc21. The van der Waals surface area contributed by atoms with Crippen molar-refractivity contribution in [2.45, 2.75) is 46.2 Å². The predicted molar refractivity (Wildman–Crippen MR) is 77.0 cm³/mol. The molecule has 1 aromatic carbocycles. The zero-order chi connectivity index (χ0) is 13.8. The Labute approximate surface area is 113 Å². The van der Waals surface area contributed by atoms with Crippen molar-refractivity contribution in [3.8, 4) is 0 Å². The molecule has 0 bridgehead atoms. The van der Waals surface area contributed by atoms with E-state index in [1.165, 1.54) is 0 Å². The summed E-state index contributed by atoms with van der Waals surface area (Å²) in [6.45, 7) is 6.43. The molecule has 0 aliphatic heterocycles. The maximum Gasteiger partial charge on any atom is 0.240 e. The van der Waals surface area contributed by atoms with Gasteiger partial charge in [-0.2, -0.15) is 0 Å². The van der Waals surface area contributed by atoms with Crippen LogP contribution in [-0.2, 0) is 11.3 Å². The molecule has 0 unspecified atom stereocenters. The van der Waals surface area contributed by atoms with E-state index in [9.17, 15) is 4.79 Å². The molecule has 0 fully saturated rings. The fraction of sp³-hybridized carbons (Fsp3) is 0.467. The number of hydrogen-bond acceptors (Lipinski definition) is 2. The van der Waals surface area contributed by atoms with Gasteiger partial charge in [-0.15, -0.1) is 0 Å². The summed E-state index contributed by atoms with van der Waals surface area (Å²) < 4.78 is 1.96. The van der Waals surface area contributed by atoms with Crippen LogP contribution in [0, 0.1) is 6.92 Å². The summed E-state index contributed by atoms with van der Waals surface area (Å²) in [5.41, 5.74) is 1.95. The molecule has 4 heteroatoms. The third-order valence-corrected chi connectivity index (χ3v) is 3.28. The Morgan fingerprint density at radius 1 is 1.42 bits per heavy atom. The summed E-state index contributed by atoms with van der Waals surface area (Å²) in [6.07, 6.45) is 2.09. The molecule has 1 aromatic heterocycles. The van der Waals surface area contributed by atoms with Crippen molar-refractivity contribution in [2.24, 2.45) is 0 Å². The molecule has 2 aromatic rings. The summed E-state index contributed by atoms with van der Waals surface area (Å²) in [5, 5.41) is 3.02. The highest BCUT2D eigenvalue weighted by Crippen LogP contribution is 2.15. The van der Waals surface area contributed by atoms with E-state index in [4.69, 9.17) is 0 Å². The van der Waals surface area contributed by atoms with Crippen LogP contribution in [0.5, 0.6) is 0 Å². The van der Waals surface area contributed by atoms with E-state index in [1.807, 2.05) is 42.7 Å². The molecule has 0 aliphatic rings. The molecule has 1 atom stereocenters. The molecular formula is C15H21N3O. The lowest BCUT2D eigenvalue weighted by Gasteiger charge is -2.13. The van der Waals surface area contributed by atoms with E-state index in [0.29, 0.717) is 6.54 Å². The van der Waals surface area contributed by atoms with Crippen LogP contribution in [-0.4, -0.2) is 21.5 Å². The number of aryl methyl sites for hydroxylation is 1. The lowest BCUT2D eigenvalue weighted by molar-refractivity contribution is -0.122. The maximum absolute atomic E-state index is 12.0. The van der Waals surface area contributed by atoms with Crippen molar-refractivity contribution in [1.82, 2.24) is 14.9 Å². The minimum atomic E-state index is 0.0483. The Kier molecular flexibility index (Phi) is 4.20. The third kappa shape index (κ3) is 3.13. The lowest BCUT2D eigenvalue weighted by atomic mass is 10.2. The van der Waals surface area contributed by atoms with Crippen LogP contribution in [0.3, 0.4) is 0 Å². The first kappa shape index (κ1) is 13.6. The number of rotatable bonds is 5. The lowest BCUT2D eigenvalue weighted by Crippen LogP contribution is -2.35. The van der Waals surface area contributed by atoms with Crippen molar-refractivity contribution >= 4 is 16.9 Å². The molecule has 102 valence electrons. The number of para-hydroxylation sites is 2. The van der Waals surface area contributed by atoms with Gasteiger partial charge in [-0.05, 0) is 32.4 Å². The number of carbonyl (C=O) groups excluding carboxylic acids is 1. The van der Waals surface area contributed by atoms with Gasteiger partial charge in [-0.1, -0.05) is 25.5 Å². The summed E-state index contributed by atoms with van der Waals surface area (Å²) in [7, 11) is 0. The first-order chi connectivity index (χ1) is 9.11. The average Bonchev–Trinajstić information content (AvgIpc) is 2.66. The minimum absolute atomic E-state index is 0.0483.